The van der Waals surface area contributed by atoms with Crippen molar-refractivity contribution in [1.82, 2.24) is 0 Å². The fraction of sp³-hybridized carbons (Fsp3) is 0. The number of hydrogen-bond donors (Lipinski definition) is 3. The topological polar surface area (TPSA) is 164 Å². The normalized spacial score (nSPS) is 13.8. The molecule has 20 heavy (non-hydrogen) atoms. The lowest BCUT2D eigenvalue weighted by atomic mass is 10.3. The predicted molar refractivity (Wildman–Crippen MR) is 72.6 cm³/mol. The zero-order chi connectivity index (χ0) is 15.7. The van der Waals surface area contributed by atoms with Crippen LogP contribution in [0, 0.1) is 0 Å². The molecule has 0 amide bonds. The van der Waals surface area contributed by atoms with Gasteiger partial charge in [-0.05, 0) is 6.07 Å². The van der Waals surface area contributed by atoms with E-state index in [0.717, 1.165) is 0 Å². The molecule has 0 saturated carbocycles. The lowest BCUT2D eigenvalue weighted by Gasteiger charge is -2.11. The first-order chi connectivity index (χ1) is 8.96. The van der Waals surface area contributed by atoms with Gasteiger partial charge in [0.1, 0.15) is 4.90 Å². The Morgan fingerprint density at radius 1 is 1.10 bits per heavy atom. The van der Waals surface area contributed by atoms with Gasteiger partial charge >= 0.3 is 8.25 Å². The van der Waals surface area contributed by atoms with Crippen molar-refractivity contribution in [3.05, 3.63) is 12.1 Å². The van der Waals surface area contributed by atoms with Crippen LogP contribution in [0.3, 0.4) is 0 Å². The first-order valence-corrected chi connectivity index (χ1v) is 9.31. The van der Waals surface area contributed by atoms with Crippen LogP contribution < -0.4 is 7.59 Å². The highest BCUT2D eigenvalue weighted by Gasteiger charge is 2.26. The zero-order valence-corrected chi connectivity index (χ0v) is 13.8. The van der Waals surface area contributed by atoms with E-state index in [1.807, 2.05) is 0 Å². The molecule has 0 aliphatic carbocycles. The molecule has 0 aromatic heterocycles. The van der Waals surface area contributed by atoms with Crippen LogP contribution in [0.15, 0.2) is 21.9 Å². The van der Waals surface area contributed by atoms with Crippen molar-refractivity contribution >= 4 is 51.5 Å². The summed E-state index contributed by atoms with van der Waals surface area (Å²) >= 11 is 1.18. The van der Waals surface area contributed by atoms with Gasteiger partial charge in [0, 0.05) is 6.07 Å². The van der Waals surface area contributed by atoms with Gasteiger partial charge in [0.25, 0.3) is 20.2 Å². The van der Waals surface area contributed by atoms with Crippen molar-refractivity contribution < 1.29 is 43.0 Å². The van der Waals surface area contributed by atoms with Crippen LogP contribution in [0.2, 0.25) is 0 Å². The van der Waals surface area contributed by atoms with Crippen LogP contribution in [0.5, 0.6) is 11.5 Å². The molecular weight excluding hydrogens is 454 g/mol. The van der Waals surface area contributed by atoms with Crippen molar-refractivity contribution in [3.63, 3.8) is 0 Å². The van der Waals surface area contributed by atoms with Gasteiger partial charge in [-0.1, -0.05) is 0 Å². The van der Waals surface area contributed by atoms with E-state index in [0.29, 0.717) is 12.1 Å². The van der Waals surface area contributed by atoms with Crippen molar-refractivity contribution in [2.45, 2.75) is 9.79 Å². The monoisotopic (exact) mass is 460 g/mol. The van der Waals surface area contributed by atoms with E-state index >= 15 is 0 Å². The Bertz CT molecular complexity index is 754. The Hall–Kier alpha value is -0.440. The second kappa shape index (κ2) is 6.13. The van der Waals surface area contributed by atoms with Gasteiger partial charge < -0.3 is 12.5 Å². The van der Waals surface area contributed by atoms with Crippen LogP contribution in [0.25, 0.3) is 0 Å². The molecule has 0 bridgehead atoms. The molecular formula is C6H6IO10PS2. The molecule has 1 unspecified atom stereocenters. The van der Waals surface area contributed by atoms with E-state index in [9.17, 15) is 21.4 Å². The fourth-order valence-electron chi connectivity index (χ4n) is 1.14. The maximum Gasteiger partial charge on any atom is 0.365 e. The first-order valence-electron chi connectivity index (χ1n) is 4.29. The minimum absolute atomic E-state index is 0.403. The maximum atomic E-state index is 11.1. The van der Waals surface area contributed by atoms with Gasteiger partial charge in [-0.15, -0.1) is 0 Å². The van der Waals surface area contributed by atoms with Crippen molar-refractivity contribution in [3.8, 4) is 11.5 Å². The standard InChI is InChI=1S/C6H6IO10PS2/c7-16-6-4(17-18(8)9)1-3(19(10,11)12)2-5(6)20(13,14)15/h1-2,18H,(H,8,9)(H,10,11,12)(H,13,14,15). The molecule has 0 aliphatic heterocycles. The molecule has 1 aromatic rings. The van der Waals surface area contributed by atoms with Gasteiger partial charge in [0.15, 0.2) is 34.5 Å². The Labute approximate surface area is 127 Å². The molecule has 1 rings (SSSR count). The highest BCUT2D eigenvalue weighted by Crippen LogP contribution is 2.41. The third-order valence-corrected chi connectivity index (χ3v) is 4.37. The van der Waals surface area contributed by atoms with E-state index in [1.165, 1.54) is 23.0 Å². The Morgan fingerprint density at radius 2 is 1.65 bits per heavy atom. The van der Waals surface area contributed by atoms with Gasteiger partial charge in [-0.2, -0.15) is 16.8 Å². The molecule has 0 spiro atoms. The third kappa shape index (κ3) is 4.28. The SMILES string of the molecule is O=[PH](O)Oc1cc(S(=O)(=O)O)cc(S(=O)(=O)O)c1OI. The molecule has 0 saturated heterocycles. The van der Waals surface area contributed by atoms with E-state index in [-0.39, 0.29) is 0 Å². The highest BCUT2D eigenvalue weighted by molar-refractivity contribution is 14.1. The highest BCUT2D eigenvalue weighted by atomic mass is 127. The summed E-state index contributed by atoms with van der Waals surface area (Å²) in [4.78, 5) is 6.63. The minimum Gasteiger partial charge on any atom is -0.422 e. The molecule has 10 nitrogen and oxygen atoms in total. The molecule has 3 N–H and O–H groups in total. The lowest BCUT2D eigenvalue weighted by Crippen LogP contribution is -2.06. The maximum absolute atomic E-state index is 11.1. The summed E-state index contributed by atoms with van der Waals surface area (Å²) in [6, 6.07) is 0.969. The fourth-order valence-corrected chi connectivity index (χ4v) is 3.33. The van der Waals surface area contributed by atoms with Crippen LogP contribution >= 0.6 is 31.3 Å². The van der Waals surface area contributed by atoms with Crippen LogP contribution in [0.1, 0.15) is 0 Å². The average molecular weight is 460 g/mol. The van der Waals surface area contributed by atoms with Gasteiger partial charge in [0.05, 0.1) is 4.90 Å². The molecule has 14 heteroatoms. The Balaban J connectivity index is 3.78. The smallest absolute Gasteiger partial charge is 0.365 e. The summed E-state index contributed by atoms with van der Waals surface area (Å²) in [7, 11) is -13.4. The summed E-state index contributed by atoms with van der Waals surface area (Å²) in [6.07, 6.45) is 0. The summed E-state index contributed by atoms with van der Waals surface area (Å²) in [6.45, 7) is 0. The van der Waals surface area contributed by atoms with E-state index in [2.05, 4.69) is 7.59 Å². The number of benzene rings is 1. The largest absolute Gasteiger partial charge is 0.422 e. The molecule has 0 aliphatic rings. The second-order valence-electron chi connectivity index (χ2n) is 3.14. The summed E-state index contributed by atoms with van der Waals surface area (Å²) in [5, 5.41) is 0. The molecule has 0 fully saturated rings. The first kappa shape index (κ1) is 17.6. The molecule has 0 heterocycles. The summed E-state index contributed by atoms with van der Waals surface area (Å²) < 4.78 is 81.6. The third-order valence-electron chi connectivity index (χ3n) is 1.84. The number of halogens is 1. The molecule has 1 atom stereocenters. The van der Waals surface area contributed by atoms with Crippen molar-refractivity contribution in [2.24, 2.45) is 0 Å². The van der Waals surface area contributed by atoms with Gasteiger partial charge in [-0.25, -0.2) is 4.57 Å². The second-order valence-corrected chi connectivity index (χ2v) is 7.13. The minimum atomic E-state index is -4.94. The summed E-state index contributed by atoms with van der Waals surface area (Å²) in [5.41, 5.74) is 0. The Morgan fingerprint density at radius 3 is 2.00 bits per heavy atom. The zero-order valence-electron chi connectivity index (χ0n) is 9.05. The molecule has 114 valence electrons. The lowest BCUT2D eigenvalue weighted by molar-refractivity contribution is 0.402. The van der Waals surface area contributed by atoms with Gasteiger partial charge in [0.2, 0.25) is 0 Å². The molecule has 1 aromatic carbocycles. The van der Waals surface area contributed by atoms with Crippen LogP contribution in [-0.2, 0) is 24.8 Å². The predicted octanol–water partition coefficient (Wildman–Crippen LogP) is 0.670. The van der Waals surface area contributed by atoms with E-state index < -0.39 is 49.8 Å². The van der Waals surface area contributed by atoms with Gasteiger partial charge in [-0.3, -0.25) is 9.11 Å². The van der Waals surface area contributed by atoms with Crippen LogP contribution in [-0.4, -0.2) is 30.8 Å². The quantitative estimate of drug-likeness (QED) is 0.323. The van der Waals surface area contributed by atoms with Crippen molar-refractivity contribution in [1.29, 1.82) is 0 Å². The van der Waals surface area contributed by atoms with Crippen molar-refractivity contribution in [2.75, 3.05) is 0 Å². The average Bonchev–Trinajstić information content (AvgIpc) is 2.24. The van der Waals surface area contributed by atoms with E-state index in [4.69, 9.17) is 14.0 Å². The summed E-state index contributed by atoms with van der Waals surface area (Å²) in [5.74, 6) is -1.46. The van der Waals surface area contributed by atoms with E-state index in [1.54, 1.807) is 0 Å². The number of rotatable bonds is 5. The van der Waals surface area contributed by atoms with Crippen LogP contribution in [0.4, 0.5) is 0 Å². The number of hydrogen-bond acceptors (Lipinski definition) is 7. The Kier molecular flexibility index (Phi) is 5.40. The molecule has 0 radical (unpaired) electrons.